The van der Waals surface area contributed by atoms with Crippen LogP contribution in [0.5, 0.6) is 11.5 Å². The van der Waals surface area contributed by atoms with Crippen molar-refractivity contribution in [1.82, 2.24) is 5.32 Å². The van der Waals surface area contributed by atoms with Gasteiger partial charge in [-0.3, -0.25) is 4.79 Å². The normalized spacial score (nSPS) is 19.5. The zero-order valence-electron chi connectivity index (χ0n) is 13.1. The Kier molecular flexibility index (Phi) is 4.83. The molecule has 1 atom stereocenters. The minimum atomic E-state index is -0.200. The number of hydrogen-bond donors (Lipinski definition) is 2. The molecule has 1 heterocycles. The fraction of sp³-hybridized carbons (Fsp3) is 0.588. The molecule has 2 N–H and O–H groups in total. The maximum Gasteiger partial charge on any atom is 0.241 e. The topological polar surface area (TPSA) is 59.6 Å². The minimum Gasteiger partial charge on any atom is -0.454 e. The van der Waals surface area contributed by atoms with Gasteiger partial charge in [0.1, 0.15) is 0 Å². The van der Waals surface area contributed by atoms with Crippen molar-refractivity contribution in [3.8, 4) is 11.5 Å². The number of ether oxygens (including phenoxy) is 2. The van der Waals surface area contributed by atoms with Crippen molar-refractivity contribution in [3.05, 3.63) is 18.2 Å². The van der Waals surface area contributed by atoms with Crippen LogP contribution in [0.3, 0.4) is 0 Å². The van der Waals surface area contributed by atoms with E-state index in [4.69, 9.17) is 9.47 Å². The molecule has 0 unspecified atom stereocenters. The van der Waals surface area contributed by atoms with E-state index in [0.717, 1.165) is 11.4 Å². The Morgan fingerprint density at radius 3 is 2.64 bits per heavy atom. The number of carbonyl (C=O) groups is 1. The average molecular weight is 304 g/mol. The lowest BCUT2D eigenvalue weighted by Gasteiger charge is -2.21. The second-order valence-electron chi connectivity index (χ2n) is 6.13. The molecule has 1 aromatic rings. The molecule has 22 heavy (non-hydrogen) atoms. The summed E-state index contributed by atoms with van der Waals surface area (Å²) in [4.78, 5) is 12.3. The summed E-state index contributed by atoms with van der Waals surface area (Å²) in [5.74, 6) is 1.40. The van der Waals surface area contributed by atoms with Crippen molar-refractivity contribution < 1.29 is 14.3 Å². The van der Waals surface area contributed by atoms with Gasteiger partial charge in [-0.2, -0.15) is 0 Å². The van der Waals surface area contributed by atoms with Gasteiger partial charge in [0.2, 0.25) is 12.7 Å². The monoisotopic (exact) mass is 304 g/mol. The van der Waals surface area contributed by atoms with Crippen LogP contribution in [0.2, 0.25) is 0 Å². The molecular weight excluding hydrogens is 280 g/mol. The highest BCUT2D eigenvalue weighted by molar-refractivity contribution is 5.94. The number of anilines is 1. The van der Waals surface area contributed by atoms with Gasteiger partial charge in [-0.05, 0) is 31.9 Å². The third kappa shape index (κ3) is 3.71. The molecule has 2 aliphatic rings. The molecule has 1 saturated carbocycles. The molecule has 1 amide bonds. The third-order valence-electron chi connectivity index (χ3n) is 4.37. The van der Waals surface area contributed by atoms with E-state index in [1.54, 1.807) is 6.07 Å². The lowest BCUT2D eigenvalue weighted by Crippen LogP contribution is -2.43. The molecule has 5 heteroatoms. The maximum absolute atomic E-state index is 12.3. The summed E-state index contributed by atoms with van der Waals surface area (Å²) in [5, 5.41) is 6.40. The van der Waals surface area contributed by atoms with Crippen LogP contribution < -0.4 is 20.1 Å². The number of rotatable bonds is 4. The van der Waals surface area contributed by atoms with Crippen LogP contribution in [0.4, 0.5) is 5.69 Å². The Labute approximate surface area is 131 Å². The van der Waals surface area contributed by atoms with E-state index in [-0.39, 0.29) is 18.7 Å². The molecule has 5 nitrogen and oxygen atoms in total. The summed E-state index contributed by atoms with van der Waals surface area (Å²) in [5.41, 5.74) is 0.740. The van der Waals surface area contributed by atoms with Crippen LogP contribution in [0.15, 0.2) is 18.2 Å². The quantitative estimate of drug-likeness (QED) is 0.839. The molecule has 0 saturated heterocycles. The summed E-state index contributed by atoms with van der Waals surface area (Å²) in [7, 11) is 0. The Bertz CT molecular complexity index is 525. The minimum absolute atomic E-state index is 0.0110. The van der Waals surface area contributed by atoms with Gasteiger partial charge in [-0.1, -0.05) is 25.7 Å². The van der Waals surface area contributed by atoms with Crippen molar-refractivity contribution >= 4 is 11.6 Å². The Morgan fingerprint density at radius 1 is 1.14 bits per heavy atom. The largest absolute Gasteiger partial charge is 0.454 e. The highest BCUT2D eigenvalue weighted by atomic mass is 16.7. The highest BCUT2D eigenvalue weighted by Crippen LogP contribution is 2.34. The Hall–Kier alpha value is -1.75. The number of benzene rings is 1. The number of fused-ring (bicyclic) bond motifs is 1. The number of hydrogen-bond acceptors (Lipinski definition) is 4. The second kappa shape index (κ2) is 7.01. The molecule has 0 aromatic heterocycles. The molecule has 3 rings (SSSR count). The van der Waals surface area contributed by atoms with Crippen molar-refractivity contribution in [2.45, 2.75) is 57.5 Å². The van der Waals surface area contributed by atoms with Gasteiger partial charge >= 0.3 is 0 Å². The van der Waals surface area contributed by atoms with E-state index in [9.17, 15) is 4.79 Å². The second-order valence-corrected chi connectivity index (χ2v) is 6.13. The van der Waals surface area contributed by atoms with E-state index in [0.29, 0.717) is 11.8 Å². The fourth-order valence-electron chi connectivity index (χ4n) is 3.10. The van der Waals surface area contributed by atoms with Gasteiger partial charge < -0.3 is 20.1 Å². The fourth-order valence-corrected chi connectivity index (χ4v) is 3.10. The molecule has 1 aliphatic heterocycles. The summed E-state index contributed by atoms with van der Waals surface area (Å²) < 4.78 is 10.6. The van der Waals surface area contributed by atoms with Crippen LogP contribution in [-0.4, -0.2) is 24.8 Å². The molecule has 1 aliphatic carbocycles. The molecule has 0 radical (unpaired) electrons. The molecular formula is C17H24N2O3. The number of amides is 1. The van der Waals surface area contributed by atoms with Crippen molar-refractivity contribution in [2.75, 3.05) is 12.1 Å². The van der Waals surface area contributed by atoms with E-state index in [1.165, 1.54) is 38.5 Å². The van der Waals surface area contributed by atoms with Crippen molar-refractivity contribution in [1.29, 1.82) is 0 Å². The summed E-state index contributed by atoms with van der Waals surface area (Å²) in [6, 6.07) is 5.72. The first-order valence-corrected chi connectivity index (χ1v) is 8.19. The summed E-state index contributed by atoms with van der Waals surface area (Å²) >= 11 is 0. The van der Waals surface area contributed by atoms with Crippen LogP contribution in [-0.2, 0) is 4.79 Å². The number of carbonyl (C=O) groups excluding carboxylic acids is 1. The van der Waals surface area contributed by atoms with Gasteiger partial charge in [-0.15, -0.1) is 0 Å². The smallest absolute Gasteiger partial charge is 0.241 e. The van der Waals surface area contributed by atoms with Crippen molar-refractivity contribution in [2.24, 2.45) is 0 Å². The average Bonchev–Trinajstić information content (AvgIpc) is 2.83. The predicted octanol–water partition coefficient (Wildman–Crippen LogP) is 3.05. The zero-order chi connectivity index (χ0) is 15.4. The first-order chi connectivity index (χ1) is 10.7. The van der Waals surface area contributed by atoms with E-state index >= 15 is 0 Å². The third-order valence-corrected chi connectivity index (χ3v) is 4.37. The van der Waals surface area contributed by atoms with Crippen LogP contribution in [0.25, 0.3) is 0 Å². The summed E-state index contributed by atoms with van der Waals surface area (Å²) in [6.45, 7) is 2.17. The van der Waals surface area contributed by atoms with Gasteiger partial charge in [0.15, 0.2) is 11.5 Å². The highest BCUT2D eigenvalue weighted by Gasteiger charge is 2.20. The van der Waals surface area contributed by atoms with Gasteiger partial charge in [-0.25, -0.2) is 0 Å². The van der Waals surface area contributed by atoms with Crippen LogP contribution in [0.1, 0.15) is 45.4 Å². The Morgan fingerprint density at radius 2 is 1.86 bits per heavy atom. The molecule has 1 aromatic carbocycles. The lowest BCUT2D eigenvalue weighted by molar-refractivity contribution is -0.118. The lowest BCUT2D eigenvalue weighted by atomic mass is 10.1. The molecule has 1 fully saturated rings. The van der Waals surface area contributed by atoms with E-state index in [1.807, 2.05) is 19.1 Å². The first kappa shape index (κ1) is 15.2. The van der Waals surface area contributed by atoms with E-state index < -0.39 is 0 Å². The zero-order valence-corrected chi connectivity index (χ0v) is 13.1. The SMILES string of the molecule is C[C@H](NC1CCCCCC1)C(=O)Nc1ccc2c(c1)OCO2. The molecule has 0 bridgehead atoms. The van der Waals surface area contributed by atoms with Crippen LogP contribution >= 0.6 is 0 Å². The molecule has 0 spiro atoms. The molecule has 120 valence electrons. The standard InChI is InChI=1S/C17H24N2O3/c1-12(18-13-6-4-2-3-5-7-13)17(20)19-14-8-9-15-16(10-14)22-11-21-15/h8-10,12-13,18H,2-7,11H2,1H3,(H,19,20)/t12-/m0/s1. The van der Waals surface area contributed by atoms with Crippen LogP contribution in [0, 0.1) is 0 Å². The van der Waals surface area contributed by atoms with Gasteiger partial charge in [0, 0.05) is 17.8 Å². The summed E-state index contributed by atoms with van der Waals surface area (Å²) in [6.07, 6.45) is 7.48. The van der Waals surface area contributed by atoms with Gasteiger partial charge in [0.05, 0.1) is 6.04 Å². The Balaban J connectivity index is 1.54. The predicted molar refractivity (Wildman–Crippen MR) is 85.3 cm³/mol. The maximum atomic E-state index is 12.3. The van der Waals surface area contributed by atoms with Gasteiger partial charge in [0.25, 0.3) is 0 Å². The van der Waals surface area contributed by atoms with Crippen molar-refractivity contribution in [3.63, 3.8) is 0 Å². The first-order valence-electron chi connectivity index (χ1n) is 8.19. The van der Waals surface area contributed by atoms with E-state index in [2.05, 4.69) is 10.6 Å². The number of nitrogens with one attached hydrogen (secondary N) is 2.